The van der Waals surface area contributed by atoms with Crippen molar-refractivity contribution in [1.29, 1.82) is 0 Å². The molecule has 0 aromatic carbocycles. The summed E-state index contributed by atoms with van der Waals surface area (Å²) in [6.07, 6.45) is 2.53. The van der Waals surface area contributed by atoms with E-state index in [0.29, 0.717) is 12.8 Å². The van der Waals surface area contributed by atoms with Gasteiger partial charge in [0.15, 0.2) is 0 Å². The zero-order chi connectivity index (χ0) is 12.6. The highest BCUT2D eigenvalue weighted by Gasteiger charge is 2.39. The van der Waals surface area contributed by atoms with Crippen LogP contribution >= 0.6 is 0 Å². The van der Waals surface area contributed by atoms with Crippen LogP contribution in [0.15, 0.2) is 12.3 Å². The molecule has 1 aromatic heterocycles. The maximum Gasteiger partial charge on any atom is 0.223 e. The number of aryl methyl sites for hydroxylation is 1. The number of nitrogens with zero attached hydrogens (tertiary/aromatic N) is 3. The summed E-state index contributed by atoms with van der Waals surface area (Å²) >= 11 is 0. The summed E-state index contributed by atoms with van der Waals surface area (Å²) in [4.78, 5) is 24.8. The monoisotopic (exact) mass is 236 g/mol. The van der Waals surface area contributed by atoms with E-state index in [1.54, 1.807) is 29.9 Å². The van der Waals surface area contributed by atoms with E-state index in [1.807, 2.05) is 6.07 Å². The lowest BCUT2D eigenvalue weighted by Crippen LogP contribution is -2.45. The fraction of sp³-hybridized carbons (Fsp3) is 0.545. The third-order valence-corrected chi connectivity index (χ3v) is 3.39. The molecule has 0 bridgehead atoms. The first-order valence-electron chi connectivity index (χ1n) is 5.55. The summed E-state index contributed by atoms with van der Waals surface area (Å²) in [7, 11) is 3.50. The van der Waals surface area contributed by atoms with E-state index in [0.717, 1.165) is 5.69 Å². The maximum absolute atomic E-state index is 11.7. The van der Waals surface area contributed by atoms with E-state index in [4.69, 9.17) is 5.73 Å². The smallest absolute Gasteiger partial charge is 0.223 e. The molecule has 2 rings (SSSR count). The van der Waals surface area contributed by atoms with E-state index < -0.39 is 0 Å². The van der Waals surface area contributed by atoms with Gasteiger partial charge in [0.2, 0.25) is 11.8 Å². The molecule has 2 atom stereocenters. The first-order valence-corrected chi connectivity index (χ1v) is 5.55. The molecule has 0 radical (unpaired) electrons. The summed E-state index contributed by atoms with van der Waals surface area (Å²) < 4.78 is 1.68. The normalized spacial score (nSPS) is 25.1. The van der Waals surface area contributed by atoms with Crippen LogP contribution in [0.2, 0.25) is 0 Å². The van der Waals surface area contributed by atoms with Crippen LogP contribution < -0.4 is 5.73 Å². The van der Waals surface area contributed by atoms with E-state index >= 15 is 0 Å². The molecule has 17 heavy (non-hydrogen) atoms. The minimum absolute atomic E-state index is 0.0358. The van der Waals surface area contributed by atoms with E-state index in [-0.39, 0.29) is 23.8 Å². The minimum Gasteiger partial charge on any atom is -0.369 e. The van der Waals surface area contributed by atoms with Crippen molar-refractivity contribution in [3.05, 3.63) is 18.0 Å². The van der Waals surface area contributed by atoms with E-state index in [9.17, 15) is 9.59 Å². The van der Waals surface area contributed by atoms with Gasteiger partial charge in [0.25, 0.3) is 0 Å². The van der Waals surface area contributed by atoms with Crippen molar-refractivity contribution in [3.8, 4) is 0 Å². The van der Waals surface area contributed by atoms with Crippen molar-refractivity contribution < 1.29 is 9.59 Å². The number of hydrogen-bond acceptors (Lipinski definition) is 3. The van der Waals surface area contributed by atoms with Gasteiger partial charge in [-0.2, -0.15) is 5.10 Å². The number of piperidine rings is 1. The molecule has 6 heteroatoms. The molecule has 0 spiro atoms. The second-order valence-corrected chi connectivity index (χ2v) is 4.38. The van der Waals surface area contributed by atoms with Crippen LogP contribution in [0.3, 0.4) is 0 Å². The van der Waals surface area contributed by atoms with Gasteiger partial charge >= 0.3 is 0 Å². The Morgan fingerprint density at radius 3 is 2.76 bits per heavy atom. The number of amides is 2. The highest BCUT2D eigenvalue weighted by atomic mass is 16.2. The maximum atomic E-state index is 11.7. The Hall–Kier alpha value is -1.85. The van der Waals surface area contributed by atoms with Crippen molar-refractivity contribution in [2.75, 3.05) is 7.05 Å². The molecule has 1 aromatic rings. The van der Waals surface area contributed by atoms with Crippen LogP contribution in [0.5, 0.6) is 0 Å². The van der Waals surface area contributed by atoms with Crippen LogP contribution in [0.25, 0.3) is 0 Å². The molecule has 0 saturated carbocycles. The molecule has 92 valence electrons. The average Bonchev–Trinajstić information content (AvgIpc) is 2.68. The number of aromatic nitrogens is 2. The number of hydrogen-bond donors (Lipinski definition) is 1. The molecule has 0 unspecified atom stereocenters. The Labute approximate surface area is 99.4 Å². The lowest BCUT2D eigenvalue weighted by atomic mass is 9.86. The van der Waals surface area contributed by atoms with Gasteiger partial charge in [-0.1, -0.05) is 0 Å². The van der Waals surface area contributed by atoms with E-state index in [1.165, 1.54) is 0 Å². The predicted octanol–water partition coefficient (Wildman–Crippen LogP) is -0.185. The quantitative estimate of drug-likeness (QED) is 0.773. The number of likely N-dealkylation sites (tertiary alicyclic amines) is 1. The predicted molar refractivity (Wildman–Crippen MR) is 60.6 cm³/mol. The molecule has 1 saturated heterocycles. The number of primary amides is 1. The zero-order valence-corrected chi connectivity index (χ0v) is 9.96. The van der Waals surface area contributed by atoms with Gasteiger partial charge in [0, 0.05) is 26.7 Å². The second kappa shape index (κ2) is 4.20. The molecule has 2 N–H and O–H groups in total. The Morgan fingerprint density at radius 2 is 2.24 bits per heavy atom. The molecule has 2 amide bonds. The Morgan fingerprint density at radius 1 is 1.53 bits per heavy atom. The number of carbonyl (C=O) groups excluding carboxylic acids is 2. The van der Waals surface area contributed by atoms with Gasteiger partial charge in [-0.3, -0.25) is 14.3 Å². The Kier molecular flexibility index (Phi) is 2.87. The van der Waals surface area contributed by atoms with Crippen LogP contribution in [-0.4, -0.2) is 33.5 Å². The van der Waals surface area contributed by atoms with Crippen LogP contribution in [0.1, 0.15) is 24.6 Å². The minimum atomic E-state index is -0.365. The molecular weight excluding hydrogens is 220 g/mol. The molecule has 6 nitrogen and oxygen atoms in total. The Balaban J connectivity index is 2.40. The summed E-state index contributed by atoms with van der Waals surface area (Å²) in [6.45, 7) is 0. The average molecular weight is 236 g/mol. The highest BCUT2D eigenvalue weighted by molar-refractivity contribution is 5.83. The summed E-state index contributed by atoms with van der Waals surface area (Å²) in [5.41, 5.74) is 6.25. The van der Waals surface area contributed by atoms with Crippen molar-refractivity contribution in [2.24, 2.45) is 18.7 Å². The second-order valence-electron chi connectivity index (χ2n) is 4.38. The zero-order valence-electron chi connectivity index (χ0n) is 9.96. The first kappa shape index (κ1) is 11.6. The van der Waals surface area contributed by atoms with Crippen molar-refractivity contribution >= 4 is 11.8 Å². The SMILES string of the molecule is CN1C(=O)CC[C@@H](C(N)=O)[C@@H]1c1ccnn1C. The molecule has 1 aliphatic rings. The number of carbonyl (C=O) groups is 2. The van der Waals surface area contributed by atoms with Gasteiger partial charge < -0.3 is 10.6 Å². The van der Waals surface area contributed by atoms with Gasteiger partial charge in [0.05, 0.1) is 17.7 Å². The lowest BCUT2D eigenvalue weighted by molar-refractivity contribution is -0.140. The molecule has 1 fully saturated rings. The van der Waals surface area contributed by atoms with Crippen LogP contribution in [0.4, 0.5) is 0 Å². The van der Waals surface area contributed by atoms with Crippen molar-refractivity contribution in [3.63, 3.8) is 0 Å². The first-order chi connectivity index (χ1) is 8.02. The standard InChI is InChI=1S/C11H16N4O2/c1-14-9(16)4-3-7(11(12)17)10(14)8-5-6-13-15(8)2/h5-7,10H,3-4H2,1-2H3,(H2,12,17)/t7-,10-/m1/s1. The van der Waals surface area contributed by atoms with Gasteiger partial charge in [0.1, 0.15) is 0 Å². The molecular formula is C11H16N4O2. The topological polar surface area (TPSA) is 81.2 Å². The van der Waals surface area contributed by atoms with Crippen molar-refractivity contribution in [2.45, 2.75) is 18.9 Å². The fourth-order valence-corrected chi connectivity index (χ4v) is 2.41. The lowest BCUT2D eigenvalue weighted by Gasteiger charge is -2.37. The molecule has 1 aliphatic heterocycles. The number of rotatable bonds is 2. The summed E-state index contributed by atoms with van der Waals surface area (Å²) in [5, 5.41) is 4.07. The summed E-state index contributed by atoms with van der Waals surface area (Å²) in [5.74, 6) is -0.669. The Bertz CT molecular complexity index is 454. The third-order valence-electron chi connectivity index (χ3n) is 3.39. The third kappa shape index (κ3) is 1.90. The van der Waals surface area contributed by atoms with Crippen LogP contribution in [0, 0.1) is 5.92 Å². The van der Waals surface area contributed by atoms with Crippen LogP contribution in [-0.2, 0) is 16.6 Å². The van der Waals surface area contributed by atoms with Gasteiger partial charge in [-0.25, -0.2) is 0 Å². The van der Waals surface area contributed by atoms with Gasteiger partial charge in [-0.05, 0) is 12.5 Å². The molecule has 2 heterocycles. The highest BCUT2D eigenvalue weighted by Crippen LogP contribution is 2.34. The summed E-state index contributed by atoms with van der Waals surface area (Å²) in [6, 6.07) is 1.51. The molecule has 0 aliphatic carbocycles. The fourth-order valence-electron chi connectivity index (χ4n) is 2.41. The van der Waals surface area contributed by atoms with Crippen molar-refractivity contribution in [1.82, 2.24) is 14.7 Å². The largest absolute Gasteiger partial charge is 0.369 e. The van der Waals surface area contributed by atoms with Gasteiger partial charge in [-0.15, -0.1) is 0 Å². The van der Waals surface area contributed by atoms with E-state index in [2.05, 4.69) is 5.10 Å². The number of nitrogens with two attached hydrogens (primary N) is 1.